The first kappa shape index (κ1) is 30.7. The molecule has 2 fully saturated rings. The van der Waals surface area contributed by atoms with Gasteiger partial charge in [-0.3, -0.25) is 23.9 Å². The molecule has 12 heteroatoms. The number of ketones is 1. The summed E-state index contributed by atoms with van der Waals surface area (Å²) < 4.78 is 9.48. The molecule has 2 aliphatic rings. The Morgan fingerprint density at radius 3 is 2.52 bits per heavy atom. The first-order chi connectivity index (χ1) is 21.3. The van der Waals surface area contributed by atoms with E-state index in [1.165, 1.54) is 11.3 Å². The van der Waals surface area contributed by atoms with Crippen molar-refractivity contribution in [3.05, 3.63) is 81.7 Å². The van der Waals surface area contributed by atoms with Crippen LogP contribution in [0, 0.1) is 5.92 Å². The second kappa shape index (κ2) is 13.0. The number of ether oxygens (including phenoxy) is 1. The van der Waals surface area contributed by atoms with E-state index >= 15 is 0 Å². The zero-order chi connectivity index (χ0) is 30.8. The summed E-state index contributed by atoms with van der Waals surface area (Å²) in [6, 6.07) is 10.9. The van der Waals surface area contributed by atoms with Crippen LogP contribution < -0.4 is 5.32 Å². The lowest BCUT2D eigenvalue weighted by molar-refractivity contribution is -0.233. The molecule has 1 saturated carbocycles. The standard InChI is InChI=1S/C32H32Cl2N4O5S/c33-25-17-27(36-30(40)24-18-44-28-6-2-1-5-23(24)28)26(34)15-21(25)16-29(39)32(37-12-3-4-13-37,38-14-11-35-19-38)43-22-9-7-20(8-10-22)31(41)42/h1-2,5-6,11,14-15,17-20,22H,3-4,7-10,12-13,16H2,(H,36,40)(H,41,42)/t20-,22-,32?. The van der Waals surface area contributed by atoms with Gasteiger partial charge in [-0.1, -0.05) is 41.4 Å². The minimum Gasteiger partial charge on any atom is -0.481 e. The van der Waals surface area contributed by atoms with Crippen LogP contribution in [0.5, 0.6) is 0 Å². The largest absolute Gasteiger partial charge is 0.481 e. The van der Waals surface area contributed by atoms with Crippen molar-refractivity contribution in [1.29, 1.82) is 0 Å². The Hall–Kier alpha value is -3.28. The van der Waals surface area contributed by atoms with Gasteiger partial charge in [0.05, 0.1) is 34.6 Å². The van der Waals surface area contributed by atoms with Crippen LogP contribution in [0.3, 0.4) is 0 Å². The van der Waals surface area contributed by atoms with Crippen molar-refractivity contribution in [2.24, 2.45) is 5.92 Å². The Balaban J connectivity index is 1.27. The molecule has 1 aliphatic carbocycles. The van der Waals surface area contributed by atoms with Gasteiger partial charge in [0.25, 0.3) is 11.8 Å². The van der Waals surface area contributed by atoms with Crippen molar-refractivity contribution in [2.45, 2.75) is 56.9 Å². The molecule has 44 heavy (non-hydrogen) atoms. The predicted octanol–water partition coefficient (Wildman–Crippen LogP) is 6.83. The van der Waals surface area contributed by atoms with E-state index in [1.54, 1.807) is 35.4 Å². The van der Waals surface area contributed by atoms with Crippen LogP contribution in [0.15, 0.2) is 60.5 Å². The minimum atomic E-state index is -1.48. The molecule has 2 N–H and O–H groups in total. The molecule has 1 amide bonds. The maximum Gasteiger partial charge on any atom is 0.306 e. The molecule has 9 nitrogen and oxygen atoms in total. The number of Topliss-reactive ketones (excluding diaryl/α,β-unsaturated/α-hetero) is 1. The van der Waals surface area contributed by atoms with Crippen LogP contribution in [0.2, 0.25) is 10.0 Å². The Kier molecular flexibility index (Phi) is 9.07. The number of hydrogen-bond donors (Lipinski definition) is 2. The van der Waals surface area contributed by atoms with E-state index in [0.717, 1.165) is 22.9 Å². The van der Waals surface area contributed by atoms with Gasteiger partial charge in [-0.25, -0.2) is 4.98 Å². The smallest absolute Gasteiger partial charge is 0.306 e. The Bertz CT molecular complexity index is 1680. The highest BCUT2D eigenvalue weighted by Gasteiger charge is 2.50. The number of anilines is 1. The van der Waals surface area contributed by atoms with Gasteiger partial charge in [-0.2, -0.15) is 0 Å². The second-order valence-electron chi connectivity index (χ2n) is 11.3. The summed E-state index contributed by atoms with van der Waals surface area (Å²) in [7, 11) is 0. The molecular weight excluding hydrogens is 623 g/mol. The lowest BCUT2D eigenvalue weighted by atomic mass is 9.87. The van der Waals surface area contributed by atoms with E-state index in [4.69, 9.17) is 27.9 Å². The topological polar surface area (TPSA) is 114 Å². The highest BCUT2D eigenvalue weighted by atomic mass is 35.5. The first-order valence-electron chi connectivity index (χ1n) is 14.7. The van der Waals surface area contributed by atoms with Crippen LogP contribution in [0.1, 0.15) is 54.4 Å². The monoisotopic (exact) mass is 654 g/mol. The summed E-state index contributed by atoms with van der Waals surface area (Å²) >= 11 is 14.9. The number of fused-ring (bicyclic) bond motifs is 1. The average molecular weight is 656 g/mol. The van der Waals surface area contributed by atoms with Gasteiger partial charge >= 0.3 is 5.97 Å². The normalized spacial score (nSPS) is 20.4. The molecule has 0 bridgehead atoms. The van der Waals surface area contributed by atoms with Gasteiger partial charge in [0.2, 0.25) is 5.78 Å². The Labute approximate surface area is 268 Å². The van der Waals surface area contributed by atoms with E-state index in [2.05, 4.69) is 10.3 Å². The van der Waals surface area contributed by atoms with Crippen molar-refractivity contribution in [1.82, 2.24) is 14.5 Å². The summed E-state index contributed by atoms with van der Waals surface area (Å²) in [6.45, 7) is 1.32. The molecular formula is C32H32Cl2N4O5S. The third-order valence-electron chi connectivity index (χ3n) is 8.57. The average Bonchev–Trinajstić information content (AvgIpc) is 3.81. The number of carboxylic acids is 1. The van der Waals surface area contributed by atoms with E-state index in [1.807, 2.05) is 34.5 Å². The number of aliphatic carboxylic acids is 1. The fourth-order valence-corrected chi connectivity index (χ4v) is 7.66. The summed E-state index contributed by atoms with van der Waals surface area (Å²) in [5.41, 5.74) is 1.39. The number of carboxylic acid groups (broad SMARTS) is 1. The van der Waals surface area contributed by atoms with Crippen LogP contribution in [-0.2, 0) is 26.6 Å². The molecule has 1 atom stereocenters. The van der Waals surface area contributed by atoms with Crippen molar-refractivity contribution < 1.29 is 24.2 Å². The number of likely N-dealkylation sites (tertiary alicyclic amines) is 1. The van der Waals surface area contributed by atoms with E-state index in [9.17, 15) is 19.5 Å². The number of benzene rings is 2. The van der Waals surface area contributed by atoms with E-state index < -0.39 is 17.7 Å². The second-order valence-corrected chi connectivity index (χ2v) is 13.1. The highest BCUT2D eigenvalue weighted by molar-refractivity contribution is 7.17. The highest BCUT2D eigenvalue weighted by Crippen LogP contribution is 2.38. The van der Waals surface area contributed by atoms with Gasteiger partial charge in [0.1, 0.15) is 0 Å². The fourth-order valence-electron chi connectivity index (χ4n) is 6.25. The maximum atomic E-state index is 14.5. The Morgan fingerprint density at radius 2 is 1.82 bits per heavy atom. The predicted molar refractivity (Wildman–Crippen MR) is 170 cm³/mol. The molecule has 1 unspecified atom stereocenters. The number of nitrogens with zero attached hydrogens (tertiary/aromatic N) is 3. The zero-order valence-electron chi connectivity index (χ0n) is 23.9. The number of halogens is 2. The minimum absolute atomic E-state index is 0.0822. The maximum absolute atomic E-state index is 14.5. The number of thiophene rings is 1. The van der Waals surface area contributed by atoms with Gasteiger partial charge in [0, 0.05) is 52.4 Å². The fraction of sp³-hybridized carbons (Fsp3) is 0.375. The molecule has 1 aliphatic heterocycles. The molecule has 0 radical (unpaired) electrons. The summed E-state index contributed by atoms with van der Waals surface area (Å²) in [4.78, 5) is 45.5. The number of aromatic nitrogens is 2. The van der Waals surface area contributed by atoms with E-state index in [-0.39, 0.29) is 34.3 Å². The van der Waals surface area contributed by atoms with Crippen LogP contribution in [0.25, 0.3) is 10.1 Å². The zero-order valence-corrected chi connectivity index (χ0v) is 26.2. The first-order valence-corrected chi connectivity index (χ1v) is 16.3. The van der Waals surface area contributed by atoms with Crippen LogP contribution in [0.4, 0.5) is 5.69 Å². The number of hydrogen-bond acceptors (Lipinski definition) is 7. The molecule has 6 rings (SSSR count). The number of imidazole rings is 1. The van der Waals surface area contributed by atoms with Crippen molar-refractivity contribution in [3.8, 4) is 0 Å². The lowest BCUT2D eigenvalue weighted by Gasteiger charge is -2.44. The van der Waals surface area contributed by atoms with Crippen molar-refractivity contribution >= 4 is 68.0 Å². The number of carbonyl (C=O) groups is 3. The molecule has 2 aromatic heterocycles. The summed E-state index contributed by atoms with van der Waals surface area (Å²) in [6.07, 6.45) is 8.42. The SMILES string of the molecule is O=C(Nc1cc(Cl)c(CC(=O)C(O[C@H]2CC[C@H](C(=O)O)CC2)(N2CCCC2)n2ccnc2)cc1Cl)c1csc2ccccc12. The third kappa shape index (κ3) is 6.01. The quantitative estimate of drug-likeness (QED) is 0.193. The van der Waals surface area contributed by atoms with Gasteiger partial charge in [0.15, 0.2) is 0 Å². The van der Waals surface area contributed by atoms with Crippen molar-refractivity contribution in [3.63, 3.8) is 0 Å². The molecule has 3 heterocycles. The van der Waals surface area contributed by atoms with Crippen molar-refractivity contribution in [2.75, 3.05) is 18.4 Å². The third-order valence-corrected chi connectivity index (χ3v) is 10.2. The number of rotatable bonds is 10. The molecule has 2 aromatic carbocycles. The molecule has 4 aromatic rings. The number of amides is 1. The van der Waals surface area contributed by atoms with Crippen LogP contribution in [-0.4, -0.2) is 56.4 Å². The Morgan fingerprint density at radius 1 is 1.07 bits per heavy atom. The number of nitrogens with one attached hydrogen (secondary N) is 1. The molecule has 230 valence electrons. The van der Waals surface area contributed by atoms with Gasteiger partial charge in [-0.05, 0) is 62.3 Å². The molecule has 1 saturated heterocycles. The summed E-state index contributed by atoms with van der Waals surface area (Å²) in [5, 5.41) is 15.6. The van der Waals surface area contributed by atoms with Crippen LogP contribution >= 0.6 is 34.5 Å². The van der Waals surface area contributed by atoms with E-state index in [0.29, 0.717) is 55.6 Å². The van der Waals surface area contributed by atoms with Gasteiger partial charge in [-0.15, -0.1) is 11.3 Å². The molecule has 0 spiro atoms. The number of carbonyl (C=O) groups excluding carboxylic acids is 2. The lowest BCUT2D eigenvalue weighted by Crippen LogP contribution is -2.59. The van der Waals surface area contributed by atoms with Gasteiger partial charge < -0.3 is 15.2 Å². The summed E-state index contributed by atoms with van der Waals surface area (Å²) in [5.74, 6) is -3.22.